The van der Waals surface area contributed by atoms with Gasteiger partial charge in [-0.25, -0.2) is 0 Å². The Kier molecular flexibility index (Phi) is 1.60. The number of terminal acetylenes is 1. The molecule has 0 amide bonds. The normalized spacial score (nSPS) is 51.4. The third-order valence-electron chi connectivity index (χ3n) is 4.82. The molecule has 4 rings (SSSR count). The molecule has 2 unspecified atom stereocenters. The topological polar surface area (TPSA) is 37.3 Å². The molecule has 80 valence electrons. The van der Waals surface area contributed by atoms with Crippen molar-refractivity contribution in [2.24, 2.45) is 22.7 Å². The maximum absolute atomic E-state index is 11.4. The molecule has 0 aromatic rings. The maximum Gasteiger partial charge on any atom is 0.309 e. The SMILES string of the molecule is C#CC12CC3CC(C1)CC(C(=O)O)(C3)C2. The van der Waals surface area contributed by atoms with E-state index in [4.69, 9.17) is 6.42 Å². The van der Waals surface area contributed by atoms with Gasteiger partial charge in [0.2, 0.25) is 0 Å². The Balaban J connectivity index is 2.03. The Hall–Kier alpha value is -0.970. The highest BCUT2D eigenvalue weighted by Crippen LogP contribution is 2.65. The fourth-order valence-electron chi connectivity index (χ4n) is 4.68. The molecule has 2 atom stereocenters. The van der Waals surface area contributed by atoms with Crippen molar-refractivity contribution in [3.63, 3.8) is 0 Å². The molecule has 2 heteroatoms. The van der Waals surface area contributed by atoms with Crippen LogP contribution in [0.2, 0.25) is 0 Å². The zero-order chi connectivity index (χ0) is 10.7. The number of hydrogen-bond donors (Lipinski definition) is 1. The van der Waals surface area contributed by atoms with Crippen molar-refractivity contribution in [3.8, 4) is 12.3 Å². The summed E-state index contributed by atoms with van der Waals surface area (Å²) in [5, 5.41) is 9.42. The second-order valence-corrected chi connectivity index (χ2v) is 5.97. The fraction of sp³-hybridized carbons (Fsp3) is 0.769. The van der Waals surface area contributed by atoms with Gasteiger partial charge in [0.05, 0.1) is 5.41 Å². The predicted octanol–water partition coefficient (Wildman–Crippen LogP) is 2.29. The van der Waals surface area contributed by atoms with E-state index in [1.165, 1.54) is 6.42 Å². The van der Waals surface area contributed by atoms with Crippen molar-refractivity contribution in [1.29, 1.82) is 0 Å². The molecule has 0 radical (unpaired) electrons. The predicted molar refractivity (Wildman–Crippen MR) is 56.0 cm³/mol. The van der Waals surface area contributed by atoms with Gasteiger partial charge in [-0.05, 0) is 50.4 Å². The molecule has 2 nitrogen and oxygen atoms in total. The molecule has 4 aliphatic carbocycles. The van der Waals surface area contributed by atoms with E-state index in [-0.39, 0.29) is 5.41 Å². The Bertz CT molecular complexity index is 349. The van der Waals surface area contributed by atoms with Crippen LogP contribution in [0.3, 0.4) is 0 Å². The average Bonchev–Trinajstić information content (AvgIpc) is 2.15. The van der Waals surface area contributed by atoms with E-state index in [9.17, 15) is 9.90 Å². The Labute approximate surface area is 90.1 Å². The van der Waals surface area contributed by atoms with E-state index >= 15 is 0 Å². The summed E-state index contributed by atoms with van der Waals surface area (Å²) in [5.41, 5.74) is -0.529. The van der Waals surface area contributed by atoms with Crippen LogP contribution in [-0.4, -0.2) is 11.1 Å². The van der Waals surface area contributed by atoms with Crippen LogP contribution < -0.4 is 0 Å². The molecular weight excluding hydrogens is 188 g/mol. The first-order valence-electron chi connectivity index (χ1n) is 5.79. The minimum atomic E-state index is -0.601. The molecule has 0 saturated heterocycles. The van der Waals surface area contributed by atoms with E-state index in [1.54, 1.807) is 0 Å². The van der Waals surface area contributed by atoms with Crippen molar-refractivity contribution in [2.45, 2.75) is 38.5 Å². The highest BCUT2D eigenvalue weighted by atomic mass is 16.4. The van der Waals surface area contributed by atoms with Crippen LogP contribution >= 0.6 is 0 Å². The Morgan fingerprint density at radius 1 is 1.27 bits per heavy atom. The van der Waals surface area contributed by atoms with Gasteiger partial charge in [-0.2, -0.15) is 0 Å². The van der Waals surface area contributed by atoms with E-state index in [0.717, 1.165) is 32.1 Å². The monoisotopic (exact) mass is 204 g/mol. The van der Waals surface area contributed by atoms with Crippen LogP contribution in [0.4, 0.5) is 0 Å². The van der Waals surface area contributed by atoms with Crippen LogP contribution in [0.1, 0.15) is 38.5 Å². The number of carboxylic acids is 1. The Morgan fingerprint density at radius 3 is 2.33 bits per heavy atom. The number of aliphatic carboxylic acids is 1. The summed E-state index contributed by atoms with van der Waals surface area (Å²) in [6.45, 7) is 0. The maximum atomic E-state index is 11.4. The number of rotatable bonds is 1. The van der Waals surface area contributed by atoms with Crippen molar-refractivity contribution in [3.05, 3.63) is 0 Å². The van der Waals surface area contributed by atoms with Crippen LogP contribution in [-0.2, 0) is 4.79 Å². The van der Waals surface area contributed by atoms with Gasteiger partial charge in [0.15, 0.2) is 0 Å². The molecular formula is C13H16O2. The van der Waals surface area contributed by atoms with Gasteiger partial charge in [0, 0.05) is 5.41 Å². The van der Waals surface area contributed by atoms with Crippen molar-refractivity contribution < 1.29 is 9.90 Å². The van der Waals surface area contributed by atoms with Gasteiger partial charge >= 0.3 is 5.97 Å². The van der Waals surface area contributed by atoms with Crippen LogP contribution in [0, 0.1) is 35.0 Å². The summed E-state index contributed by atoms with van der Waals surface area (Å²) < 4.78 is 0. The third-order valence-corrected chi connectivity index (χ3v) is 4.82. The molecule has 0 spiro atoms. The standard InChI is InChI=1S/C13H16O2/c1-2-12-4-9-3-10(5-12)7-13(6-9,8-12)11(14)15/h1,9-10H,3-8H2,(H,14,15). The van der Waals surface area contributed by atoms with Crippen molar-refractivity contribution in [2.75, 3.05) is 0 Å². The average molecular weight is 204 g/mol. The van der Waals surface area contributed by atoms with E-state index in [0.29, 0.717) is 11.8 Å². The van der Waals surface area contributed by atoms with Gasteiger partial charge in [0.25, 0.3) is 0 Å². The highest BCUT2D eigenvalue weighted by Gasteiger charge is 2.60. The van der Waals surface area contributed by atoms with E-state index in [2.05, 4.69) is 5.92 Å². The second kappa shape index (κ2) is 2.58. The van der Waals surface area contributed by atoms with E-state index in [1.807, 2.05) is 0 Å². The fourth-order valence-corrected chi connectivity index (χ4v) is 4.68. The molecule has 0 aliphatic heterocycles. The summed E-state index contributed by atoms with van der Waals surface area (Å²) in [7, 11) is 0. The quantitative estimate of drug-likeness (QED) is 0.665. The first kappa shape index (κ1) is 9.27. The highest BCUT2D eigenvalue weighted by molar-refractivity contribution is 5.75. The van der Waals surface area contributed by atoms with Crippen LogP contribution in [0.15, 0.2) is 0 Å². The summed E-state index contributed by atoms with van der Waals surface area (Å²) in [6, 6.07) is 0. The van der Waals surface area contributed by atoms with Gasteiger partial charge < -0.3 is 5.11 Å². The zero-order valence-electron chi connectivity index (χ0n) is 8.83. The molecule has 4 fully saturated rings. The molecule has 0 heterocycles. The summed E-state index contributed by atoms with van der Waals surface area (Å²) in [4.78, 5) is 11.4. The van der Waals surface area contributed by atoms with E-state index < -0.39 is 11.4 Å². The van der Waals surface area contributed by atoms with Crippen molar-refractivity contribution in [1.82, 2.24) is 0 Å². The lowest BCUT2D eigenvalue weighted by molar-refractivity contribution is -0.169. The molecule has 0 aromatic heterocycles. The van der Waals surface area contributed by atoms with Gasteiger partial charge in [-0.1, -0.05) is 5.92 Å². The lowest BCUT2D eigenvalue weighted by Gasteiger charge is -2.58. The molecule has 4 bridgehead atoms. The summed E-state index contributed by atoms with van der Waals surface area (Å²) >= 11 is 0. The van der Waals surface area contributed by atoms with Crippen LogP contribution in [0.25, 0.3) is 0 Å². The first-order chi connectivity index (χ1) is 7.07. The van der Waals surface area contributed by atoms with Crippen molar-refractivity contribution >= 4 is 5.97 Å². The second-order valence-electron chi connectivity index (χ2n) is 5.97. The number of carboxylic acid groups (broad SMARTS) is 1. The third kappa shape index (κ3) is 1.10. The summed E-state index contributed by atoms with van der Waals surface area (Å²) in [5.74, 6) is 3.49. The minimum absolute atomic E-state index is 0.0670. The first-order valence-corrected chi connectivity index (χ1v) is 5.79. The zero-order valence-corrected chi connectivity index (χ0v) is 8.83. The minimum Gasteiger partial charge on any atom is -0.481 e. The smallest absolute Gasteiger partial charge is 0.309 e. The van der Waals surface area contributed by atoms with Gasteiger partial charge in [-0.15, -0.1) is 6.42 Å². The number of carbonyl (C=O) groups is 1. The molecule has 0 aromatic carbocycles. The molecule has 1 N–H and O–H groups in total. The lowest BCUT2D eigenvalue weighted by atomic mass is 9.44. The lowest BCUT2D eigenvalue weighted by Crippen LogP contribution is -2.54. The van der Waals surface area contributed by atoms with Crippen LogP contribution in [0.5, 0.6) is 0 Å². The summed E-state index contributed by atoms with van der Waals surface area (Å²) in [6.07, 6.45) is 11.5. The molecule has 4 saturated carbocycles. The molecule has 4 aliphatic rings. The number of hydrogen-bond acceptors (Lipinski definition) is 1. The molecule has 15 heavy (non-hydrogen) atoms. The Morgan fingerprint density at radius 2 is 1.87 bits per heavy atom. The largest absolute Gasteiger partial charge is 0.481 e. The van der Waals surface area contributed by atoms with Gasteiger partial charge in [0.1, 0.15) is 0 Å². The van der Waals surface area contributed by atoms with Gasteiger partial charge in [-0.3, -0.25) is 4.79 Å².